The highest BCUT2D eigenvalue weighted by Gasteiger charge is 2.22. The van der Waals surface area contributed by atoms with Crippen LogP contribution in [0.3, 0.4) is 0 Å². The second kappa shape index (κ2) is 6.53. The summed E-state index contributed by atoms with van der Waals surface area (Å²) >= 11 is 5.75. The number of benzene rings is 1. The molecule has 1 nitrogen and oxygen atoms in total. The molecule has 1 aliphatic rings. The fourth-order valence-electron chi connectivity index (χ4n) is 2.79. The lowest BCUT2D eigenvalue weighted by Crippen LogP contribution is -2.23. The van der Waals surface area contributed by atoms with E-state index in [-0.39, 0.29) is 10.8 Å². The molecule has 0 aliphatic heterocycles. The van der Waals surface area contributed by atoms with E-state index in [2.05, 4.69) is 0 Å². The van der Waals surface area contributed by atoms with Crippen molar-refractivity contribution in [1.29, 1.82) is 0 Å². The van der Waals surface area contributed by atoms with Gasteiger partial charge in [-0.3, -0.25) is 0 Å². The Hall–Kier alpha value is -0.600. The number of rotatable bonds is 3. The molecule has 1 N–H and O–H groups in total. The molecule has 0 aromatic heterocycles. The Morgan fingerprint density at radius 1 is 1.22 bits per heavy atom. The van der Waals surface area contributed by atoms with Crippen LogP contribution in [0.2, 0.25) is 5.02 Å². The van der Waals surface area contributed by atoms with Crippen molar-refractivity contribution in [3.63, 3.8) is 0 Å². The molecule has 18 heavy (non-hydrogen) atoms. The second-order valence-corrected chi connectivity index (χ2v) is 5.64. The summed E-state index contributed by atoms with van der Waals surface area (Å²) in [4.78, 5) is 0. The number of hydrogen-bond donors (Lipinski definition) is 1. The topological polar surface area (TPSA) is 20.2 Å². The van der Waals surface area contributed by atoms with Gasteiger partial charge in [-0.25, -0.2) is 4.39 Å². The first-order valence-corrected chi connectivity index (χ1v) is 7.17. The van der Waals surface area contributed by atoms with E-state index in [1.807, 2.05) is 0 Å². The minimum atomic E-state index is -0.448. The van der Waals surface area contributed by atoms with Crippen LogP contribution in [-0.4, -0.2) is 11.2 Å². The molecule has 1 aliphatic carbocycles. The Bertz CT molecular complexity index is 386. The number of halogens is 2. The van der Waals surface area contributed by atoms with Gasteiger partial charge in [-0.2, -0.15) is 0 Å². The molecule has 1 saturated carbocycles. The van der Waals surface area contributed by atoms with Crippen molar-refractivity contribution >= 4 is 11.6 Å². The van der Waals surface area contributed by atoms with Crippen molar-refractivity contribution in [3.8, 4) is 0 Å². The summed E-state index contributed by atoms with van der Waals surface area (Å²) in [5, 5.41) is 10.4. The van der Waals surface area contributed by atoms with Crippen molar-refractivity contribution in [2.45, 2.75) is 51.0 Å². The standard InChI is InChI=1S/C15H20ClFO/c16-13-9-5-8-12(15(13)17)10-14(18)11-6-3-1-2-4-7-11/h5,8-9,11,14,18H,1-4,6-7,10H2. The Morgan fingerprint density at radius 2 is 1.89 bits per heavy atom. The van der Waals surface area contributed by atoms with Crippen molar-refractivity contribution in [2.75, 3.05) is 0 Å². The van der Waals surface area contributed by atoms with Crippen LogP contribution in [0.5, 0.6) is 0 Å². The van der Waals surface area contributed by atoms with Crippen LogP contribution in [0.1, 0.15) is 44.1 Å². The Balaban J connectivity index is 2.01. The summed E-state index contributed by atoms with van der Waals surface area (Å²) in [6, 6.07) is 4.99. The van der Waals surface area contributed by atoms with Crippen molar-refractivity contribution in [1.82, 2.24) is 0 Å². The van der Waals surface area contributed by atoms with E-state index in [4.69, 9.17) is 11.6 Å². The first-order valence-electron chi connectivity index (χ1n) is 6.79. The third-order valence-electron chi connectivity index (χ3n) is 3.90. The largest absolute Gasteiger partial charge is 0.392 e. The minimum absolute atomic E-state index is 0.139. The van der Waals surface area contributed by atoms with E-state index in [9.17, 15) is 9.50 Å². The highest BCUT2D eigenvalue weighted by atomic mass is 35.5. The predicted octanol–water partition coefficient (Wildman–Crippen LogP) is 4.35. The van der Waals surface area contributed by atoms with E-state index >= 15 is 0 Å². The molecule has 1 aromatic carbocycles. The van der Waals surface area contributed by atoms with Crippen molar-refractivity contribution in [3.05, 3.63) is 34.6 Å². The molecule has 0 radical (unpaired) electrons. The minimum Gasteiger partial charge on any atom is -0.392 e. The fraction of sp³-hybridized carbons (Fsp3) is 0.600. The van der Waals surface area contributed by atoms with Crippen LogP contribution in [0.15, 0.2) is 18.2 Å². The first kappa shape index (κ1) is 13.8. The van der Waals surface area contributed by atoms with Gasteiger partial charge in [-0.05, 0) is 30.4 Å². The van der Waals surface area contributed by atoms with Gasteiger partial charge in [0.15, 0.2) is 0 Å². The SMILES string of the molecule is OC(Cc1cccc(Cl)c1F)C1CCCCCC1. The highest BCUT2D eigenvalue weighted by Crippen LogP contribution is 2.28. The molecule has 3 heteroatoms. The lowest BCUT2D eigenvalue weighted by molar-refractivity contribution is 0.0977. The van der Waals surface area contributed by atoms with E-state index in [1.165, 1.54) is 25.7 Å². The van der Waals surface area contributed by atoms with E-state index in [1.54, 1.807) is 18.2 Å². The molecule has 100 valence electrons. The smallest absolute Gasteiger partial charge is 0.145 e. The van der Waals surface area contributed by atoms with E-state index in [0.29, 0.717) is 17.9 Å². The summed E-state index contributed by atoms with van der Waals surface area (Å²) in [6.45, 7) is 0. The molecule has 0 amide bonds. The summed E-state index contributed by atoms with van der Waals surface area (Å²) in [7, 11) is 0. The van der Waals surface area contributed by atoms with Crippen LogP contribution in [0, 0.1) is 11.7 Å². The van der Waals surface area contributed by atoms with Gasteiger partial charge in [-0.1, -0.05) is 49.4 Å². The Labute approximate surface area is 113 Å². The van der Waals surface area contributed by atoms with Crippen molar-refractivity contribution in [2.24, 2.45) is 5.92 Å². The van der Waals surface area contributed by atoms with Crippen molar-refractivity contribution < 1.29 is 9.50 Å². The van der Waals surface area contributed by atoms with Crippen LogP contribution in [0.4, 0.5) is 4.39 Å². The maximum Gasteiger partial charge on any atom is 0.145 e. The van der Waals surface area contributed by atoms with Crippen LogP contribution >= 0.6 is 11.6 Å². The summed E-state index contributed by atoms with van der Waals surface area (Å²) in [5.74, 6) is -0.0716. The lowest BCUT2D eigenvalue weighted by Gasteiger charge is -2.21. The average molecular weight is 271 g/mol. The summed E-state index contributed by atoms with van der Waals surface area (Å²) in [5.41, 5.74) is 0.527. The molecule has 2 rings (SSSR count). The van der Waals surface area contributed by atoms with Gasteiger partial charge in [-0.15, -0.1) is 0 Å². The lowest BCUT2D eigenvalue weighted by atomic mass is 9.90. The number of hydrogen-bond acceptors (Lipinski definition) is 1. The number of aliphatic hydroxyl groups excluding tert-OH is 1. The Kier molecular flexibility index (Phi) is 5.02. The normalized spacial score (nSPS) is 19.5. The van der Waals surface area contributed by atoms with E-state index in [0.717, 1.165) is 12.8 Å². The summed E-state index contributed by atoms with van der Waals surface area (Å²) < 4.78 is 13.8. The maximum atomic E-state index is 13.8. The molecule has 1 aromatic rings. The third kappa shape index (κ3) is 3.46. The molecule has 1 unspecified atom stereocenters. The van der Waals surface area contributed by atoms with Gasteiger partial charge in [0.05, 0.1) is 11.1 Å². The molecule has 0 saturated heterocycles. The zero-order valence-electron chi connectivity index (χ0n) is 10.5. The predicted molar refractivity (Wildman–Crippen MR) is 72.3 cm³/mol. The van der Waals surface area contributed by atoms with Crippen LogP contribution in [-0.2, 0) is 6.42 Å². The molecule has 0 spiro atoms. The molecular formula is C15H20ClFO. The molecule has 1 atom stereocenters. The summed E-state index contributed by atoms with van der Waals surface area (Å²) in [6.07, 6.45) is 6.92. The van der Waals surface area contributed by atoms with Crippen LogP contribution < -0.4 is 0 Å². The Morgan fingerprint density at radius 3 is 2.56 bits per heavy atom. The zero-order valence-corrected chi connectivity index (χ0v) is 11.3. The maximum absolute atomic E-state index is 13.8. The number of aliphatic hydroxyl groups is 1. The van der Waals surface area contributed by atoms with Gasteiger partial charge >= 0.3 is 0 Å². The van der Waals surface area contributed by atoms with Gasteiger partial charge in [0.1, 0.15) is 5.82 Å². The monoisotopic (exact) mass is 270 g/mol. The average Bonchev–Trinajstić information content (AvgIpc) is 2.63. The van der Waals surface area contributed by atoms with Gasteiger partial charge in [0.25, 0.3) is 0 Å². The third-order valence-corrected chi connectivity index (χ3v) is 4.20. The van der Waals surface area contributed by atoms with Crippen LogP contribution in [0.25, 0.3) is 0 Å². The molecule has 1 fully saturated rings. The highest BCUT2D eigenvalue weighted by molar-refractivity contribution is 6.30. The molecule has 0 heterocycles. The second-order valence-electron chi connectivity index (χ2n) is 5.24. The van der Waals surface area contributed by atoms with Gasteiger partial charge in [0, 0.05) is 6.42 Å². The molecular weight excluding hydrogens is 251 g/mol. The fourth-order valence-corrected chi connectivity index (χ4v) is 2.99. The first-order chi connectivity index (χ1) is 8.68. The zero-order chi connectivity index (χ0) is 13.0. The van der Waals surface area contributed by atoms with E-state index < -0.39 is 6.10 Å². The van der Waals surface area contributed by atoms with Gasteiger partial charge < -0.3 is 5.11 Å². The quantitative estimate of drug-likeness (QED) is 0.810. The van der Waals surface area contributed by atoms with Gasteiger partial charge in [0.2, 0.25) is 0 Å². The molecule has 0 bridgehead atoms.